The quantitative estimate of drug-likeness (QED) is 0.121. The van der Waals surface area contributed by atoms with E-state index in [2.05, 4.69) is 329 Å². The van der Waals surface area contributed by atoms with Crippen LogP contribution in [-0.4, -0.2) is 9.55 Å². The molecule has 0 radical (unpaired) electrons. The first-order valence-electron chi connectivity index (χ1n) is 29.3. The summed E-state index contributed by atoms with van der Waals surface area (Å²) in [6.45, 7) is 15.8. The Kier molecular flexibility index (Phi) is 14.7. The van der Waals surface area contributed by atoms with E-state index in [0.29, 0.717) is 11.5 Å². The van der Waals surface area contributed by atoms with Gasteiger partial charge in [0.2, 0.25) is 0 Å². The van der Waals surface area contributed by atoms with Gasteiger partial charge in [-0.2, -0.15) is 12.1 Å². The van der Waals surface area contributed by atoms with Gasteiger partial charge in [-0.1, -0.05) is 264 Å². The fourth-order valence-electron chi connectivity index (χ4n) is 12.1. The molecule has 13 aromatic rings. The van der Waals surface area contributed by atoms with Crippen LogP contribution in [-0.2, 0) is 31.9 Å². The first kappa shape index (κ1) is 55.6. The number of fused-ring (bicyclic) bond motifs is 4. The molecule has 3 heterocycles. The number of para-hydroxylation sites is 3. The molecule has 0 amide bonds. The van der Waals surface area contributed by atoms with Crippen LogP contribution in [0.5, 0.6) is 11.5 Å². The van der Waals surface area contributed by atoms with Crippen LogP contribution in [0.2, 0.25) is 0 Å². The van der Waals surface area contributed by atoms with Crippen molar-refractivity contribution in [3.63, 3.8) is 0 Å². The van der Waals surface area contributed by atoms with Gasteiger partial charge >= 0.3 is 0 Å². The Morgan fingerprint density at radius 1 is 0.407 bits per heavy atom. The average Bonchev–Trinajstić information content (AvgIpc) is 1.63. The van der Waals surface area contributed by atoms with Gasteiger partial charge in [-0.15, -0.1) is 42.0 Å². The van der Waals surface area contributed by atoms with Crippen LogP contribution < -0.4 is 14.5 Å². The molecule has 86 heavy (non-hydrogen) atoms. The summed E-state index contributed by atoms with van der Waals surface area (Å²) in [5.41, 5.74) is 21.5. The predicted octanol–water partition coefficient (Wildman–Crippen LogP) is 21.6. The SMILES string of the molecule is CC(C)(C)c1ccc(-c2cccc(-c3cccc(-c4ccccc4)c3)c2N2[CH-]N(c3[c-]c(Oc4[c-]c5c(cc4-c4ccccc4)c4cc(-c6ccccc6)ccc4n5-c4cc(C(C)(C)C)c(-c5ccccc5)cn4)ccc3)c3ccccc32)cc1.[Pt]. The van der Waals surface area contributed by atoms with E-state index in [1.807, 2.05) is 12.3 Å². The summed E-state index contributed by atoms with van der Waals surface area (Å²) in [5.74, 6) is 1.95. The van der Waals surface area contributed by atoms with Crippen molar-refractivity contribution >= 4 is 44.6 Å². The molecule has 2 aromatic heterocycles. The number of rotatable bonds is 11. The van der Waals surface area contributed by atoms with Crippen molar-refractivity contribution in [3.05, 3.63) is 297 Å². The van der Waals surface area contributed by atoms with Crippen LogP contribution in [0.1, 0.15) is 52.7 Å². The molecular formula is C80H63N4OPt-3. The summed E-state index contributed by atoms with van der Waals surface area (Å²) in [6, 6.07) is 101. The van der Waals surface area contributed by atoms with E-state index < -0.39 is 0 Å². The molecule has 1 aliphatic rings. The molecule has 0 atom stereocenters. The molecule has 0 aliphatic carbocycles. The Balaban J connectivity index is 0.00000686. The zero-order valence-electron chi connectivity index (χ0n) is 49.0. The van der Waals surface area contributed by atoms with Crippen molar-refractivity contribution in [1.82, 2.24) is 9.55 Å². The second-order valence-corrected chi connectivity index (χ2v) is 24.1. The third kappa shape index (κ3) is 10.5. The van der Waals surface area contributed by atoms with E-state index in [1.165, 1.54) is 16.7 Å². The predicted molar refractivity (Wildman–Crippen MR) is 354 cm³/mol. The number of anilines is 4. The molecule has 422 valence electrons. The summed E-state index contributed by atoms with van der Waals surface area (Å²) < 4.78 is 9.51. The minimum Gasteiger partial charge on any atom is -0.509 e. The molecule has 0 unspecified atom stereocenters. The summed E-state index contributed by atoms with van der Waals surface area (Å²) >= 11 is 0. The molecule has 5 nitrogen and oxygen atoms in total. The number of aromatic nitrogens is 2. The number of benzene rings is 11. The van der Waals surface area contributed by atoms with Gasteiger partial charge < -0.3 is 19.1 Å². The Bertz CT molecular complexity index is 4600. The van der Waals surface area contributed by atoms with Gasteiger partial charge in [0.15, 0.2) is 0 Å². The van der Waals surface area contributed by atoms with Crippen molar-refractivity contribution in [2.75, 3.05) is 9.80 Å². The minimum absolute atomic E-state index is 0. The standard InChI is InChI=1S/C80H63N4O.Pt/c1-79(2,3)62-43-40-58(41-44-62)65-36-23-37-66(61-33-21-32-59(46-61)54-24-11-7-12-25-54)78(65)83-53-82(73-38-19-20-39-74(73)83)63-34-22-35-64(48-63)85-76-51-75-69(49-67(76)56-28-15-9-16-29-56)68-47-60(55-26-13-8-14-27-55)42-45-72(68)84(75)77-50-71(80(4,5)6)70(52-81-77)57-30-17-10-18-31-57;/h7-47,49-50,52-53H,1-6H3;/q-3;. The third-order valence-electron chi connectivity index (χ3n) is 16.5. The first-order valence-corrected chi connectivity index (χ1v) is 29.3. The summed E-state index contributed by atoms with van der Waals surface area (Å²) in [4.78, 5) is 9.90. The van der Waals surface area contributed by atoms with Gasteiger partial charge in [-0.05, 0) is 96.6 Å². The summed E-state index contributed by atoms with van der Waals surface area (Å²) in [6.07, 6.45) is 2.04. The van der Waals surface area contributed by atoms with Crippen LogP contribution in [0.25, 0.3) is 94.4 Å². The second kappa shape index (κ2) is 22.8. The Morgan fingerprint density at radius 2 is 0.930 bits per heavy atom. The van der Waals surface area contributed by atoms with Crippen molar-refractivity contribution in [2.45, 2.75) is 52.4 Å². The molecule has 14 rings (SSSR count). The number of hydrogen-bond acceptors (Lipinski definition) is 4. The monoisotopic (exact) mass is 1290 g/mol. The van der Waals surface area contributed by atoms with E-state index in [9.17, 15) is 0 Å². The number of hydrogen-bond donors (Lipinski definition) is 0. The maximum Gasteiger partial charge on any atom is 0.135 e. The van der Waals surface area contributed by atoms with E-state index in [0.717, 1.165) is 112 Å². The maximum atomic E-state index is 7.24. The Hall–Kier alpha value is -9.54. The minimum atomic E-state index is -0.190. The average molecular weight is 1290 g/mol. The number of pyridine rings is 1. The molecule has 0 bridgehead atoms. The molecule has 0 spiro atoms. The van der Waals surface area contributed by atoms with Gasteiger partial charge in [0, 0.05) is 78.0 Å². The molecule has 0 saturated carbocycles. The zero-order valence-corrected chi connectivity index (χ0v) is 51.3. The molecule has 6 heteroatoms. The third-order valence-corrected chi connectivity index (χ3v) is 16.5. The summed E-state index contributed by atoms with van der Waals surface area (Å²) in [5, 5.41) is 2.14. The van der Waals surface area contributed by atoms with Gasteiger partial charge in [0.1, 0.15) is 5.82 Å². The topological polar surface area (TPSA) is 33.5 Å². The molecular weight excluding hydrogens is 1230 g/mol. The van der Waals surface area contributed by atoms with Crippen molar-refractivity contribution < 1.29 is 25.8 Å². The largest absolute Gasteiger partial charge is 0.509 e. The van der Waals surface area contributed by atoms with Crippen molar-refractivity contribution in [2.24, 2.45) is 0 Å². The van der Waals surface area contributed by atoms with Gasteiger partial charge in [-0.3, -0.25) is 0 Å². The van der Waals surface area contributed by atoms with E-state index in [4.69, 9.17) is 9.72 Å². The maximum absolute atomic E-state index is 7.24. The van der Waals surface area contributed by atoms with Crippen LogP contribution in [0.4, 0.5) is 22.7 Å². The van der Waals surface area contributed by atoms with Crippen molar-refractivity contribution in [3.8, 4) is 84.1 Å². The molecule has 11 aromatic carbocycles. The van der Waals surface area contributed by atoms with Gasteiger partial charge in [0.25, 0.3) is 0 Å². The van der Waals surface area contributed by atoms with Crippen LogP contribution >= 0.6 is 0 Å². The van der Waals surface area contributed by atoms with Crippen LogP contribution in [0.3, 0.4) is 0 Å². The van der Waals surface area contributed by atoms with E-state index in [1.54, 1.807) is 0 Å². The van der Waals surface area contributed by atoms with E-state index >= 15 is 0 Å². The number of nitrogens with zero attached hydrogens (tertiary/aromatic N) is 4. The first-order chi connectivity index (χ1) is 41.4. The fourth-order valence-corrected chi connectivity index (χ4v) is 12.1. The van der Waals surface area contributed by atoms with Gasteiger partial charge in [-0.25, -0.2) is 4.98 Å². The second-order valence-electron chi connectivity index (χ2n) is 24.1. The van der Waals surface area contributed by atoms with Crippen LogP contribution in [0.15, 0.2) is 267 Å². The molecule has 0 saturated heterocycles. The number of ether oxygens (including phenoxy) is 1. The normalized spacial score (nSPS) is 12.3. The summed E-state index contributed by atoms with van der Waals surface area (Å²) in [7, 11) is 0. The zero-order chi connectivity index (χ0) is 57.8. The Labute approximate surface area is 519 Å². The van der Waals surface area contributed by atoms with E-state index in [-0.39, 0.29) is 31.9 Å². The van der Waals surface area contributed by atoms with Crippen molar-refractivity contribution in [1.29, 1.82) is 0 Å². The smallest absolute Gasteiger partial charge is 0.135 e. The van der Waals surface area contributed by atoms with Crippen LogP contribution in [0, 0.1) is 18.8 Å². The fraction of sp³-hybridized carbons (Fsp3) is 0.100. The van der Waals surface area contributed by atoms with Gasteiger partial charge in [0.05, 0.1) is 0 Å². The molecule has 0 N–H and O–H groups in total. The Morgan fingerprint density at radius 3 is 1.57 bits per heavy atom. The molecule has 1 aliphatic heterocycles. The molecule has 0 fully saturated rings.